The number of hydrogen-bond acceptors (Lipinski definition) is 5. The topological polar surface area (TPSA) is 79.3 Å². The number of carbonyl (C=O) groups excluding carboxylic acids is 1. The van der Waals surface area contributed by atoms with Crippen LogP contribution in [0.15, 0.2) is 42.5 Å². The minimum absolute atomic E-state index is 0.156. The highest BCUT2D eigenvalue weighted by molar-refractivity contribution is 6.42. The molecule has 0 radical (unpaired) electrons. The van der Waals surface area contributed by atoms with Crippen molar-refractivity contribution in [1.82, 2.24) is 9.80 Å². The van der Waals surface area contributed by atoms with E-state index in [1.165, 1.54) is 29.2 Å². The van der Waals surface area contributed by atoms with Crippen LogP contribution in [-0.2, 0) is 16.1 Å². The SMILES string of the molecule is CN(C(=O)COc1ccc(C(=O)O)cc1)[C@@H]1CN(Cc2ccc(Cl)c(Cl)c2)CCO1. The Bertz CT molecular complexity index is 907. The van der Waals surface area contributed by atoms with Crippen LogP contribution in [0, 0.1) is 0 Å². The first kappa shape index (κ1) is 22.4. The Morgan fingerprint density at radius 1 is 1.20 bits per heavy atom. The van der Waals surface area contributed by atoms with Crippen molar-refractivity contribution in [1.29, 1.82) is 0 Å². The summed E-state index contributed by atoms with van der Waals surface area (Å²) in [5, 5.41) is 9.95. The molecule has 0 unspecified atom stereocenters. The zero-order valence-electron chi connectivity index (χ0n) is 16.4. The summed E-state index contributed by atoms with van der Waals surface area (Å²) in [7, 11) is 1.67. The summed E-state index contributed by atoms with van der Waals surface area (Å²) in [5.74, 6) is -0.830. The average Bonchev–Trinajstić information content (AvgIpc) is 2.74. The van der Waals surface area contributed by atoms with E-state index in [1.807, 2.05) is 12.1 Å². The van der Waals surface area contributed by atoms with Crippen molar-refractivity contribution in [2.24, 2.45) is 0 Å². The van der Waals surface area contributed by atoms with E-state index in [0.29, 0.717) is 35.5 Å². The molecule has 1 amide bonds. The van der Waals surface area contributed by atoms with Gasteiger partial charge < -0.3 is 19.5 Å². The Kier molecular flexibility index (Phi) is 7.55. The van der Waals surface area contributed by atoms with Crippen molar-refractivity contribution in [3.63, 3.8) is 0 Å². The van der Waals surface area contributed by atoms with Gasteiger partial charge >= 0.3 is 5.97 Å². The second-order valence-electron chi connectivity index (χ2n) is 6.93. The Balaban J connectivity index is 1.52. The Morgan fingerprint density at radius 3 is 2.60 bits per heavy atom. The molecule has 7 nitrogen and oxygen atoms in total. The van der Waals surface area contributed by atoms with Gasteiger partial charge in [-0.25, -0.2) is 4.79 Å². The second-order valence-corrected chi connectivity index (χ2v) is 7.75. The largest absolute Gasteiger partial charge is 0.484 e. The number of ether oxygens (including phenoxy) is 2. The van der Waals surface area contributed by atoms with E-state index in [-0.39, 0.29) is 18.1 Å². The van der Waals surface area contributed by atoms with Crippen molar-refractivity contribution in [2.45, 2.75) is 12.8 Å². The molecule has 160 valence electrons. The summed E-state index contributed by atoms with van der Waals surface area (Å²) in [6, 6.07) is 11.4. The number of morpholine rings is 1. The molecule has 0 aromatic heterocycles. The van der Waals surface area contributed by atoms with Gasteiger partial charge in [0.05, 0.1) is 22.2 Å². The van der Waals surface area contributed by atoms with E-state index in [4.69, 9.17) is 37.8 Å². The van der Waals surface area contributed by atoms with E-state index in [2.05, 4.69) is 4.90 Å². The molecule has 0 spiro atoms. The van der Waals surface area contributed by atoms with Crippen LogP contribution in [0.2, 0.25) is 10.0 Å². The van der Waals surface area contributed by atoms with Gasteiger partial charge in [0.2, 0.25) is 0 Å². The van der Waals surface area contributed by atoms with Crippen molar-refractivity contribution in [2.75, 3.05) is 33.4 Å². The van der Waals surface area contributed by atoms with Crippen molar-refractivity contribution < 1.29 is 24.2 Å². The number of halogens is 2. The van der Waals surface area contributed by atoms with Gasteiger partial charge in [0, 0.05) is 26.7 Å². The highest BCUT2D eigenvalue weighted by Gasteiger charge is 2.27. The molecule has 1 aliphatic rings. The van der Waals surface area contributed by atoms with Gasteiger partial charge in [-0.15, -0.1) is 0 Å². The van der Waals surface area contributed by atoms with E-state index < -0.39 is 12.2 Å². The maximum atomic E-state index is 12.5. The molecule has 0 aliphatic carbocycles. The summed E-state index contributed by atoms with van der Waals surface area (Å²) < 4.78 is 11.2. The van der Waals surface area contributed by atoms with Crippen molar-refractivity contribution in [3.8, 4) is 5.75 Å². The quantitative estimate of drug-likeness (QED) is 0.693. The Labute approximate surface area is 184 Å². The maximum absolute atomic E-state index is 12.5. The molecule has 1 saturated heterocycles. The highest BCUT2D eigenvalue weighted by atomic mass is 35.5. The monoisotopic (exact) mass is 452 g/mol. The van der Waals surface area contributed by atoms with Gasteiger partial charge in [-0.1, -0.05) is 29.3 Å². The zero-order valence-corrected chi connectivity index (χ0v) is 17.9. The molecule has 2 aromatic carbocycles. The molecular weight excluding hydrogens is 431 g/mol. The second kappa shape index (κ2) is 10.1. The third kappa shape index (κ3) is 5.86. The van der Waals surface area contributed by atoms with Crippen LogP contribution in [0.4, 0.5) is 0 Å². The van der Waals surface area contributed by atoms with Gasteiger partial charge in [0.15, 0.2) is 6.61 Å². The Morgan fingerprint density at radius 2 is 1.93 bits per heavy atom. The van der Waals surface area contributed by atoms with Gasteiger partial charge in [-0.3, -0.25) is 9.69 Å². The number of likely N-dealkylation sites (N-methyl/N-ethyl adjacent to an activating group) is 1. The average molecular weight is 453 g/mol. The first-order valence-electron chi connectivity index (χ1n) is 9.33. The molecule has 30 heavy (non-hydrogen) atoms. The van der Waals surface area contributed by atoms with Crippen LogP contribution in [0.3, 0.4) is 0 Å². The van der Waals surface area contributed by atoms with Gasteiger partial charge in [0.25, 0.3) is 5.91 Å². The molecule has 0 bridgehead atoms. The number of hydrogen-bond donors (Lipinski definition) is 1. The number of benzene rings is 2. The summed E-state index contributed by atoms with van der Waals surface area (Å²) in [6.45, 7) is 2.29. The maximum Gasteiger partial charge on any atom is 0.335 e. The minimum atomic E-state index is -1.02. The predicted molar refractivity (Wildman–Crippen MR) is 113 cm³/mol. The summed E-state index contributed by atoms with van der Waals surface area (Å²) in [4.78, 5) is 27.1. The number of aromatic carboxylic acids is 1. The molecule has 1 heterocycles. The van der Waals surface area contributed by atoms with Crippen molar-refractivity contribution >= 4 is 35.1 Å². The summed E-state index contributed by atoms with van der Waals surface area (Å²) in [5.41, 5.74) is 1.19. The molecule has 1 aliphatic heterocycles. The standard InChI is InChI=1S/C21H22Cl2N2O5/c1-24(19(26)13-30-16-5-3-15(4-6-16)21(27)28)20-12-25(8-9-29-20)11-14-2-7-17(22)18(23)10-14/h2-7,10,20H,8-9,11-13H2,1H3,(H,27,28)/t20-/m0/s1. The van der Waals surface area contributed by atoms with Gasteiger partial charge in [0.1, 0.15) is 12.0 Å². The van der Waals surface area contributed by atoms with Crippen LogP contribution < -0.4 is 4.74 Å². The molecule has 3 rings (SSSR count). The fourth-order valence-corrected chi connectivity index (χ4v) is 3.38. The van der Waals surface area contributed by atoms with E-state index in [9.17, 15) is 9.59 Å². The number of carboxylic acid groups (broad SMARTS) is 1. The van der Waals surface area contributed by atoms with E-state index in [1.54, 1.807) is 13.1 Å². The van der Waals surface area contributed by atoms with Gasteiger partial charge in [-0.2, -0.15) is 0 Å². The fraction of sp³-hybridized carbons (Fsp3) is 0.333. The molecule has 0 saturated carbocycles. The lowest BCUT2D eigenvalue weighted by Crippen LogP contribution is -2.52. The lowest BCUT2D eigenvalue weighted by atomic mass is 10.2. The Hall–Kier alpha value is -2.32. The number of amides is 1. The van der Waals surface area contributed by atoms with Crippen LogP contribution >= 0.6 is 23.2 Å². The normalized spacial score (nSPS) is 16.8. The third-order valence-electron chi connectivity index (χ3n) is 4.81. The summed E-state index contributed by atoms with van der Waals surface area (Å²) >= 11 is 12.1. The first-order valence-corrected chi connectivity index (χ1v) is 10.1. The van der Waals surface area contributed by atoms with Crippen LogP contribution in [-0.4, -0.2) is 66.4 Å². The van der Waals surface area contributed by atoms with Crippen molar-refractivity contribution in [3.05, 3.63) is 63.6 Å². The number of rotatable bonds is 7. The molecule has 1 atom stereocenters. The zero-order chi connectivity index (χ0) is 21.7. The van der Waals surface area contributed by atoms with Crippen LogP contribution in [0.1, 0.15) is 15.9 Å². The molecule has 1 N–H and O–H groups in total. The third-order valence-corrected chi connectivity index (χ3v) is 5.55. The van der Waals surface area contributed by atoms with E-state index >= 15 is 0 Å². The number of nitrogens with zero attached hydrogens (tertiary/aromatic N) is 2. The van der Waals surface area contributed by atoms with Gasteiger partial charge in [-0.05, 0) is 42.0 Å². The smallest absolute Gasteiger partial charge is 0.335 e. The summed E-state index contributed by atoms with van der Waals surface area (Å²) in [6.07, 6.45) is -0.396. The molecule has 2 aromatic rings. The van der Waals surface area contributed by atoms with Crippen LogP contribution in [0.25, 0.3) is 0 Å². The van der Waals surface area contributed by atoms with E-state index in [0.717, 1.165) is 12.1 Å². The lowest BCUT2D eigenvalue weighted by Gasteiger charge is -2.37. The predicted octanol–water partition coefficient (Wildman–Crippen LogP) is 3.39. The molecule has 1 fully saturated rings. The van der Waals surface area contributed by atoms with Crippen LogP contribution in [0.5, 0.6) is 5.75 Å². The fourth-order valence-electron chi connectivity index (χ4n) is 3.06. The number of carboxylic acids is 1. The lowest BCUT2D eigenvalue weighted by molar-refractivity contribution is -0.154. The highest BCUT2D eigenvalue weighted by Crippen LogP contribution is 2.24. The molecule has 9 heteroatoms. The first-order chi connectivity index (χ1) is 14.3. The number of carbonyl (C=O) groups is 2. The molecular formula is C21H22Cl2N2O5. The minimum Gasteiger partial charge on any atom is -0.484 e.